The van der Waals surface area contributed by atoms with Gasteiger partial charge in [-0.2, -0.15) is 5.10 Å². The van der Waals surface area contributed by atoms with Gasteiger partial charge in [-0.15, -0.1) is 0 Å². The topological polar surface area (TPSA) is 87.3 Å². The van der Waals surface area contributed by atoms with E-state index in [2.05, 4.69) is 5.10 Å². The number of hydrogen-bond donors (Lipinski definition) is 0. The maximum atomic E-state index is 11.4. The second-order valence-corrected chi connectivity index (χ2v) is 3.69. The summed E-state index contributed by atoms with van der Waals surface area (Å²) in [6.07, 6.45) is 3.68. The van der Waals surface area contributed by atoms with Crippen LogP contribution in [-0.2, 0) is 16.6 Å². The molecule has 0 saturated heterocycles. The second-order valence-electron chi connectivity index (χ2n) is 3.69. The van der Waals surface area contributed by atoms with E-state index in [-0.39, 0.29) is 24.5 Å². The maximum absolute atomic E-state index is 11.4. The summed E-state index contributed by atoms with van der Waals surface area (Å²) in [5.74, 6) is -0.108. The predicted octanol–water partition coefficient (Wildman–Crippen LogP) is 0.915. The first kappa shape index (κ1) is 11.5. The molecule has 0 spiro atoms. The van der Waals surface area contributed by atoms with E-state index in [1.54, 1.807) is 13.1 Å². The summed E-state index contributed by atoms with van der Waals surface area (Å²) in [6.45, 7) is 0.263. The smallest absolute Gasteiger partial charge is 0.312 e. The van der Waals surface area contributed by atoms with Gasteiger partial charge in [0.05, 0.1) is 11.5 Å². The summed E-state index contributed by atoms with van der Waals surface area (Å²) < 4.78 is 6.79. The minimum atomic E-state index is -0.620. The number of carbonyl (C=O) groups excluding carboxylic acids is 1. The number of rotatable bonds is 2. The van der Waals surface area contributed by atoms with Crippen molar-refractivity contribution in [3.63, 3.8) is 0 Å². The van der Waals surface area contributed by atoms with E-state index in [4.69, 9.17) is 4.74 Å². The zero-order valence-electron chi connectivity index (χ0n) is 9.20. The largest absolute Gasteiger partial charge is 0.367 e. The Morgan fingerprint density at radius 2 is 2.41 bits per heavy atom. The number of nitro groups is 1. The lowest BCUT2D eigenvalue weighted by molar-refractivity contribution is -0.386. The van der Waals surface area contributed by atoms with Gasteiger partial charge in [0.15, 0.2) is 5.78 Å². The van der Waals surface area contributed by atoms with Crippen LogP contribution in [-0.4, -0.2) is 27.1 Å². The van der Waals surface area contributed by atoms with E-state index in [1.807, 2.05) is 0 Å². The molecule has 7 heteroatoms. The lowest BCUT2D eigenvalue weighted by Crippen LogP contribution is -2.13. The van der Waals surface area contributed by atoms with Gasteiger partial charge in [-0.1, -0.05) is 6.08 Å². The molecule has 2 heterocycles. The number of aryl methyl sites for hydroxylation is 1. The van der Waals surface area contributed by atoms with Crippen molar-refractivity contribution in [1.29, 1.82) is 0 Å². The highest BCUT2D eigenvalue weighted by Crippen LogP contribution is 2.30. The van der Waals surface area contributed by atoms with Crippen molar-refractivity contribution >= 4 is 11.5 Å². The summed E-state index contributed by atoms with van der Waals surface area (Å²) in [4.78, 5) is 21.7. The monoisotopic (exact) mass is 237 g/mol. The molecular formula is C10H11N3O4. The van der Waals surface area contributed by atoms with Crippen molar-refractivity contribution in [3.8, 4) is 0 Å². The van der Waals surface area contributed by atoms with Gasteiger partial charge in [0.25, 0.3) is 0 Å². The average molecular weight is 237 g/mol. The van der Waals surface area contributed by atoms with Gasteiger partial charge >= 0.3 is 5.69 Å². The van der Waals surface area contributed by atoms with Gasteiger partial charge in [0.1, 0.15) is 18.0 Å². The summed E-state index contributed by atoms with van der Waals surface area (Å²) >= 11 is 0. The zero-order valence-corrected chi connectivity index (χ0v) is 9.20. The molecule has 0 unspecified atom stereocenters. The van der Waals surface area contributed by atoms with E-state index < -0.39 is 11.0 Å². The maximum Gasteiger partial charge on any atom is 0.312 e. The molecule has 1 aliphatic heterocycles. The van der Waals surface area contributed by atoms with Gasteiger partial charge in [-0.3, -0.25) is 19.6 Å². The fraction of sp³-hybridized carbons (Fsp3) is 0.400. The summed E-state index contributed by atoms with van der Waals surface area (Å²) in [6, 6.07) is 0. The molecule has 0 N–H and O–H groups in total. The fourth-order valence-corrected chi connectivity index (χ4v) is 1.79. The minimum Gasteiger partial charge on any atom is -0.367 e. The normalized spacial score (nSPS) is 20.3. The van der Waals surface area contributed by atoms with Crippen LogP contribution in [0, 0.1) is 10.1 Å². The molecule has 0 saturated carbocycles. The van der Waals surface area contributed by atoms with E-state index >= 15 is 0 Å². The van der Waals surface area contributed by atoms with Crippen LogP contribution in [0.15, 0.2) is 18.3 Å². The van der Waals surface area contributed by atoms with Crippen LogP contribution < -0.4 is 0 Å². The molecule has 0 aromatic carbocycles. The molecule has 7 nitrogen and oxygen atoms in total. The molecule has 0 bridgehead atoms. The standard InChI is InChI=1S/C10H11N3O4/c1-12-10(8(6-11-12)13(15)16)9-5-7(14)3-2-4-17-9/h2-3,6,9H,4-5H2,1H3/t9-/m1/s1. The van der Waals surface area contributed by atoms with Crippen molar-refractivity contribution in [2.24, 2.45) is 7.05 Å². The minimum absolute atomic E-state index is 0.0941. The SMILES string of the molecule is Cn1ncc([N+](=O)[O-])c1[C@H]1CC(=O)C=CCO1. The molecule has 0 radical (unpaired) electrons. The Morgan fingerprint density at radius 3 is 3.12 bits per heavy atom. The molecule has 0 fully saturated rings. The number of ketones is 1. The van der Waals surface area contributed by atoms with E-state index in [1.165, 1.54) is 17.0 Å². The molecule has 1 aromatic heterocycles. The van der Waals surface area contributed by atoms with Crippen molar-refractivity contribution in [1.82, 2.24) is 9.78 Å². The Kier molecular flexibility index (Phi) is 3.01. The fourth-order valence-electron chi connectivity index (χ4n) is 1.79. The third-order valence-electron chi connectivity index (χ3n) is 2.55. The number of ether oxygens (including phenoxy) is 1. The van der Waals surface area contributed by atoms with Crippen LogP contribution in [0.4, 0.5) is 5.69 Å². The number of nitrogens with zero attached hydrogens (tertiary/aromatic N) is 3. The molecule has 1 atom stereocenters. The summed E-state index contributed by atoms with van der Waals surface area (Å²) in [5.41, 5.74) is 0.208. The Bertz CT molecular complexity index is 492. The van der Waals surface area contributed by atoms with Gasteiger partial charge < -0.3 is 4.74 Å². The van der Waals surface area contributed by atoms with Crippen LogP contribution in [0.25, 0.3) is 0 Å². The van der Waals surface area contributed by atoms with Gasteiger partial charge in [-0.05, 0) is 6.08 Å². The van der Waals surface area contributed by atoms with Gasteiger partial charge in [0, 0.05) is 13.5 Å². The predicted molar refractivity (Wildman–Crippen MR) is 57.3 cm³/mol. The molecule has 0 aliphatic carbocycles. The molecule has 1 aliphatic rings. The molecular weight excluding hydrogens is 226 g/mol. The third kappa shape index (κ3) is 2.23. The van der Waals surface area contributed by atoms with Crippen LogP contribution in [0.1, 0.15) is 18.2 Å². The Hall–Kier alpha value is -2.02. The first-order valence-corrected chi connectivity index (χ1v) is 5.07. The van der Waals surface area contributed by atoms with E-state index in [0.717, 1.165) is 0 Å². The summed E-state index contributed by atoms with van der Waals surface area (Å²) in [5, 5.41) is 14.7. The van der Waals surface area contributed by atoms with Crippen LogP contribution >= 0.6 is 0 Å². The number of aromatic nitrogens is 2. The van der Waals surface area contributed by atoms with Crippen molar-refractivity contribution in [2.45, 2.75) is 12.5 Å². The highest BCUT2D eigenvalue weighted by Gasteiger charge is 2.29. The van der Waals surface area contributed by atoms with Crippen LogP contribution in [0.5, 0.6) is 0 Å². The van der Waals surface area contributed by atoms with Crippen LogP contribution in [0.3, 0.4) is 0 Å². The van der Waals surface area contributed by atoms with E-state index in [0.29, 0.717) is 5.69 Å². The van der Waals surface area contributed by atoms with Crippen LogP contribution in [0.2, 0.25) is 0 Å². The third-order valence-corrected chi connectivity index (χ3v) is 2.55. The van der Waals surface area contributed by atoms with Gasteiger partial charge in [0.2, 0.25) is 0 Å². The Labute approximate surface area is 96.8 Å². The zero-order chi connectivity index (χ0) is 12.4. The quantitative estimate of drug-likeness (QED) is 0.563. The first-order chi connectivity index (χ1) is 8.09. The highest BCUT2D eigenvalue weighted by atomic mass is 16.6. The molecule has 1 aromatic rings. The molecule has 17 heavy (non-hydrogen) atoms. The molecule has 0 amide bonds. The Balaban J connectivity index is 2.36. The van der Waals surface area contributed by atoms with E-state index in [9.17, 15) is 14.9 Å². The number of carbonyl (C=O) groups is 1. The Morgan fingerprint density at radius 1 is 1.65 bits per heavy atom. The first-order valence-electron chi connectivity index (χ1n) is 5.07. The van der Waals surface area contributed by atoms with Gasteiger partial charge in [-0.25, -0.2) is 0 Å². The van der Waals surface area contributed by atoms with Crippen molar-refractivity contribution in [2.75, 3.05) is 6.61 Å². The number of hydrogen-bond acceptors (Lipinski definition) is 5. The molecule has 90 valence electrons. The number of allylic oxidation sites excluding steroid dienone is 1. The summed E-state index contributed by atoms with van der Waals surface area (Å²) in [7, 11) is 1.59. The second kappa shape index (κ2) is 4.46. The van der Waals surface area contributed by atoms with Crippen molar-refractivity contribution < 1.29 is 14.5 Å². The highest BCUT2D eigenvalue weighted by molar-refractivity contribution is 5.90. The average Bonchev–Trinajstić information content (AvgIpc) is 2.52. The lowest BCUT2D eigenvalue weighted by Gasteiger charge is -2.13. The lowest BCUT2D eigenvalue weighted by atomic mass is 10.1. The van der Waals surface area contributed by atoms with Crippen molar-refractivity contribution in [3.05, 3.63) is 34.2 Å². The molecule has 2 rings (SSSR count).